The molecule has 3 heteroatoms. The predicted molar refractivity (Wildman–Crippen MR) is 69.6 cm³/mol. The molecule has 0 unspecified atom stereocenters. The normalized spacial score (nSPS) is 11.2. The van der Waals surface area contributed by atoms with E-state index >= 15 is 0 Å². The highest BCUT2D eigenvalue weighted by Gasteiger charge is 2.00. The standard InChI is InChI=1S/C13H25N3/c1-4-15(5-2)11-9-14-12-13-8-7-10-16(13)6-3/h7-8,10,14H,4-6,9,11-12H2,1-3H3. The van der Waals surface area contributed by atoms with E-state index in [1.54, 1.807) is 0 Å². The van der Waals surface area contributed by atoms with E-state index in [1.807, 2.05) is 0 Å². The Morgan fingerprint density at radius 3 is 2.62 bits per heavy atom. The maximum atomic E-state index is 3.50. The fraction of sp³-hybridized carbons (Fsp3) is 0.692. The number of nitrogens with one attached hydrogen (secondary N) is 1. The van der Waals surface area contributed by atoms with Gasteiger partial charge >= 0.3 is 0 Å². The zero-order valence-corrected chi connectivity index (χ0v) is 10.9. The van der Waals surface area contributed by atoms with E-state index in [2.05, 4.69) is 53.9 Å². The second-order valence-electron chi connectivity index (χ2n) is 3.99. The molecule has 1 aromatic heterocycles. The first-order valence-corrected chi connectivity index (χ1v) is 6.38. The van der Waals surface area contributed by atoms with Gasteiger partial charge in [0.2, 0.25) is 0 Å². The summed E-state index contributed by atoms with van der Waals surface area (Å²) in [5, 5.41) is 3.50. The Balaban J connectivity index is 2.20. The van der Waals surface area contributed by atoms with Gasteiger partial charge in [-0.05, 0) is 32.1 Å². The SMILES string of the molecule is CCN(CC)CCNCc1cccn1CC. The molecular weight excluding hydrogens is 198 g/mol. The molecule has 92 valence electrons. The summed E-state index contributed by atoms with van der Waals surface area (Å²) in [6.07, 6.45) is 2.14. The van der Waals surface area contributed by atoms with Gasteiger partial charge in [0.1, 0.15) is 0 Å². The molecule has 0 amide bonds. The van der Waals surface area contributed by atoms with Crippen molar-refractivity contribution in [3.63, 3.8) is 0 Å². The van der Waals surface area contributed by atoms with Crippen molar-refractivity contribution in [3.8, 4) is 0 Å². The molecule has 1 rings (SSSR count). The molecule has 0 spiro atoms. The number of hydrogen-bond acceptors (Lipinski definition) is 2. The monoisotopic (exact) mass is 223 g/mol. The van der Waals surface area contributed by atoms with E-state index in [-0.39, 0.29) is 0 Å². The third-order valence-corrected chi connectivity index (χ3v) is 3.07. The molecular formula is C13H25N3. The molecule has 1 heterocycles. The highest BCUT2D eigenvalue weighted by atomic mass is 15.1. The maximum absolute atomic E-state index is 3.50. The van der Waals surface area contributed by atoms with Crippen molar-refractivity contribution in [1.29, 1.82) is 0 Å². The first kappa shape index (κ1) is 13.3. The number of aromatic nitrogens is 1. The highest BCUT2D eigenvalue weighted by molar-refractivity contribution is 5.06. The summed E-state index contributed by atoms with van der Waals surface area (Å²) in [4.78, 5) is 2.44. The zero-order valence-electron chi connectivity index (χ0n) is 10.9. The molecule has 0 atom stereocenters. The van der Waals surface area contributed by atoms with E-state index in [0.29, 0.717) is 0 Å². The summed E-state index contributed by atoms with van der Waals surface area (Å²) >= 11 is 0. The van der Waals surface area contributed by atoms with Gasteiger partial charge in [0.05, 0.1) is 0 Å². The second kappa shape index (κ2) is 7.47. The first-order valence-electron chi connectivity index (χ1n) is 6.38. The van der Waals surface area contributed by atoms with Gasteiger partial charge in [-0.15, -0.1) is 0 Å². The van der Waals surface area contributed by atoms with E-state index in [0.717, 1.165) is 39.3 Å². The van der Waals surface area contributed by atoms with Crippen LogP contribution in [-0.4, -0.2) is 35.6 Å². The third kappa shape index (κ3) is 3.99. The molecule has 0 radical (unpaired) electrons. The lowest BCUT2D eigenvalue weighted by molar-refractivity contribution is 0.302. The molecule has 0 saturated heterocycles. The number of aryl methyl sites for hydroxylation is 1. The van der Waals surface area contributed by atoms with Crippen molar-refractivity contribution >= 4 is 0 Å². The second-order valence-corrected chi connectivity index (χ2v) is 3.99. The van der Waals surface area contributed by atoms with E-state index in [9.17, 15) is 0 Å². The van der Waals surface area contributed by atoms with E-state index in [4.69, 9.17) is 0 Å². The number of hydrogen-bond donors (Lipinski definition) is 1. The molecule has 0 fully saturated rings. The summed E-state index contributed by atoms with van der Waals surface area (Å²) in [6.45, 7) is 13.1. The predicted octanol–water partition coefficient (Wildman–Crippen LogP) is 1.94. The van der Waals surface area contributed by atoms with Gasteiger partial charge in [0, 0.05) is 38.1 Å². The number of rotatable bonds is 8. The van der Waals surface area contributed by atoms with Crippen molar-refractivity contribution in [2.45, 2.75) is 33.9 Å². The van der Waals surface area contributed by atoms with Crippen LogP contribution in [0.1, 0.15) is 26.5 Å². The van der Waals surface area contributed by atoms with Crippen molar-refractivity contribution in [1.82, 2.24) is 14.8 Å². The minimum atomic E-state index is 0.974. The smallest absolute Gasteiger partial charge is 0.0359 e. The van der Waals surface area contributed by atoms with Gasteiger partial charge in [0.15, 0.2) is 0 Å². The van der Waals surface area contributed by atoms with E-state index in [1.165, 1.54) is 5.69 Å². The van der Waals surface area contributed by atoms with Gasteiger partial charge in [-0.3, -0.25) is 0 Å². The molecule has 0 aliphatic rings. The van der Waals surface area contributed by atoms with Crippen LogP contribution in [0.4, 0.5) is 0 Å². The first-order chi connectivity index (χ1) is 7.81. The van der Waals surface area contributed by atoms with Crippen LogP contribution in [0.5, 0.6) is 0 Å². The molecule has 1 N–H and O–H groups in total. The lowest BCUT2D eigenvalue weighted by atomic mass is 10.4. The average Bonchev–Trinajstić information content (AvgIpc) is 2.77. The van der Waals surface area contributed by atoms with Crippen LogP contribution < -0.4 is 5.32 Å². The summed E-state index contributed by atoms with van der Waals surface area (Å²) in [5.74, 6) is 0. The van der Waals surface area contributed by atoms with Crippen LogP contribution in [0, 0.1) is 0 Å². The topological polar surface area (TPSA) is 20.2 Å². The molecule has 0 saturated carbocycles. The minimum Gasteiger partial charge on any atom is -0.351 e. The Labute approximate surface area is 99.4 Å². The van der Waals surface area contributed by atoms with Crippen LogP contribution in [0.15, 0.2) is 18.3 Å². The van der Waals surface area contributed by atoms with Gasteiger partial charge in [-0.1, -0.05) is 13.8 Å². The number of likely N-dealkylation sites (N-methyl/N-ethyl adjacent to an activating group) is 1. The lowest BCUT2D eigenvalue weighted by Gasteiger charge is -2.18. The maximum Gasteiger partial charge on any atom is 0.0359 e. The van der Waals surface area contributed by atoms with Gasteiger partial charge in [-0.25, -0.2) is 0 Å². The van der Waals surface area contributed by atoms with Crippen LogP contribution in [0.25, 0.3) is 0 Å². The number of nitrogens with zero attached hydrogens (tertiary/aromatic N) is 2. The Morgan fingerprint density at radius 1 is 1.25 bits per heavy atom. The van der Waals surface area contributed by atoms with Gasteiger partial charge < -0.3 is 14.8 Å². The molecule has 0 aliphatic heterocycles. The van der Waals surface area contributed by atoms with Crippen LogP contribution in [0.3, 0.4) is 0 Å². The molecule has 3 nitrogen and oxygen atoms in total. The quantitative estimate of drug-likeness (QED) is 0.680. The summed E-state index contributed by atoms with van der Waals surface area (Å²) in [7, 11) is 0. The molecule has 1 aromatic rings. The van der Waals surface area contributed by atoms with Crippen molar-refractivity contribution in [2.24, 2.45) is 0 Å². The van der Waals surface area contributed by atoms with Crippen molar-refractivity contribution < 1.29 is 0 Å². The van der Waals surface area contributed by atoms with Crippen molar-refractivity contribution in [3.05, 3.63) is 24.0 Å². The Bertz CT molecular complexity index is 276. The Hall–Kier alpha value is -0.800. The Kier molecular flexibility index (Phi) is 6.19. The summed E-state index contributed by atoms with van der Waals surface area (Å²) in [6, 6.07) is 4.30. The van der Waals surface area contributed by atoms with Crippen LogP contribution in [0.2, 0.25) is 0 Å². The largest absolute Gasteiger partial charge is 0.351 e. The average molecular weight is 223 g/mol. The fourth-order valence-electron chi connectivity index (χ4n) is 1.91. The molecule has 0 aliphatic carbocycles. The zero-order chi connectivity index (χ0) is 11.8. The summed E-state index contributed by atoms with van der Waals surface area (Å²) in [5.41, 5.74) is 1.38. The highest BCUT2D eigenvalue weighted by Crippen LogP contribution is 2.01. The Morgan fingerprint density at radius 2 is 2.00 bits per heavy atom. The lowest BCUT2D eigenvalue weighted by Crippen LogP contribution is -2.31. The minimum absolute atomic E-state index is 0.974. The fourth-order valence-corrected chi connectivity index (χ4v) is 1.91. The molecule has 16 heavy (non-hydrogen) atoms. The van der Waals surface area contributed by atoms with Crippen molar-refractivity contribution in [2.75, 3.05) is 26.2 Å². The molecule has 0 aromatic carbocycles. The molecule has 0 bridgehead atoms. The van der Waals surface area contributed by atoms with Crippen LogP contribution in [-0.2, 0) is 13.1 Å². The van der Waals surface area contributed by atoms with E-state index < -0.39 is 0 Å². The summed E-state index contributed by atoms with van der Waals surface area (Å²) < 4.78 is 2.28. The van der Waals surface area contributed by atoms with Gasteiger partial charge in [-0.2, -0.15) is 0 Å². The van der Waals surface area contributed by atoms with Gasteiger partial charge in [0.25, 0.3) is 0 Å². The third-order valence-electron chi connectivity index (χ3n) is 3.07. The van der Waals surface area contributed by atoms with Crippen LogP contribution >= 0.6 is 0 Å².